The topological polar surface area (TPSA) is 84.6 Å². The number of aromatic hydroxyl groups is 1. The number of nitrogen functional groups attached to an aromatic ring is 1. The Morgan fingerprint density at radius 2 is 2.10 bits per heavy atom. The van der Waals surface area contributed by atoms with E-state index < -0.39 is 11.7 Å². The van der Waals surface area contributed by atoms with E-state index in [1.807, 2.05) is 0 Å². The number of nitrogens with two attached hydrogens (primary N) is 1. The van der Waals surface area contributed by atoms with Gasteiger partial charge in [-0.2, -0.15) is 0 Å². The van der Waals surface area contributed by atoms with Gasteiger partial charge in [0.15, 0.2) is 11.5 Å². The number of carbonyl (C=O) groups excluding carboxylic acids is 1. The quantitative estimate of drug-likeness (QED) is 0.751. The molecule has 2 aromatic carbocycles. The molecule has 5 nitrogen and oxygen atoms in total. The van der Waals surface area contributed by atoms with E-state index in [-0.39, 0.29) is 28.4 Å². The molecule has 0 saturated carbocycles. The lowest BCUT2D eigenvalue weighted by molar-refractivity contribution is 0.102. The molecule has 0 atom stereocenters. The van der Waals surface area contributed by atoms with Gasteiger partial charge < -0.3 is 20.9 Å². The average Bonchev–Trinajstić information content (AvgIpc) is 2.42. The molecule has 2 rings (SSSR count). The van der Waals surface area contributed by atoms with Crippen molar-refractivity contribution in [2.24, 2.45) is 0 Å². The van der Waals surface area contributed by atoms with Crippen LogP contribution in [-0.4, -0.2) is 18.1 Å². The Labute approximate surface area is 114 Å². The number of ether oxygens (including phenoxy) is 1. The zero-order chi connectivity index (χ0) is 14.7. The van der Waals surface area contributed by atoms with Crippen molar-refractivity contribution in [2.45, 2.75) is 0 Å². The molecule has 20 heavy (non-hydrogen) atoms. The van der Waals surface area contributed by atoms with Gasteiger partial charge in [0.25, 0.3) is 5.91 Å². The van der Waals surface area contributed by atoms with Gasteiger partial charge in [0, 0.05) is 5.56 Å². The summed E-state index contributed by atoms with van der Waals surface area (Å²) in [5, 5.41) is 12.0. The summed E-state index contributed by atoms with van der Waals surface area (Å²) < 4.78 is 18.4. The Morgan fingerprint density at radius 3 is 2.70 bits per heavy atom. The number of phenolic OH excluding ortho intramolecular Hbond substituents is 1. The summed E-state index contributed by atoms with van der Waals surface area (Å²) in [5.41, 5.74) is 5.79. The number of anilines is 2. The molecular formula is C14H13FN2O3. The summed E-state index contributed by atoms with van der Waals surface area (Å²) in [6.07, 6.45) is 0. The molecule has 2 aromatic rings. The van der Waals surface area contributed by atoms with Gasteiger partial charge >= 0.3 is 0 Å². The van der Waals surface area contributed by atoms with Crippen LogP contribution in [0, 0.1) is 5.82 Å². The molecule has 0 aliphatic heterocycles. The van der Waals surface area contributed by atoms with Gasteiger partial charge in [-0.05, 0) is 30.3 Å². The Bertz CT molecular complexity index is 639. The highest BCUT2D eigenvalue weighted by atomic mass is 19.1. The Hall–Kier alpha value is -2.76. The lowest BCUT2D eigenvalue weighted by atomic mass is 10.1. The largest absolute Gasteiger partial charge is 0.504 e. The van der Waals surface area contributed by atoms with Gasteiger partial charge in [-0.25, -0.2) is 4.39 Å². The third-order valence-electron chi connectivity index (χ3n) is 2.73. The molecule has 0 radical (unpaired) electrons. The van der Waals surface area contributed by atoms with Crippen LogP contribution in [0.25, 0.3) is 0 Å². The third kappa shape index (κ3) is 2.64. The zero-order valence-corrected chi connectivity index (χ0v) is 10.7. The van der Waals surface area contributed by atoms with E-state index in [9.17, 15) is 14.3 Å². The average molecular weight is 276 g/mol. The second-order valence-corrected chi connectivity index (χ2v) is 4.04. The summed E-state index contributed by atoms with van der Waals surface area (Å²) in [5.74, 6) is -1.15. The molecule has 6 heteroatoms. The van der Waals surface area contributed by atoms with Crippen molar-refractivity contribution >= 4 is 17.3 Å². The fraction of sp³-hybridized carbons (Fsp3) is 0.0714. The van der Waals surface area contributed by atoms with Crippen LogP contribution in [0.2, 0.25) is 0 Å². The number of nitrogens with one attached hydrogen (secondary N) is 1. The van der Waals surface area contributed by atoms with Crippen molar-refractivity contribution < 1.29 is 19.0 Å². The minimum Gasteiger partial charge on any atom is -0.504 e. The molecule has 0 spiro atoms. The molecular weight excluding hydrogens is 263 g/mol. The highest BCUT2D eigenvalue weighted by Crippen LogP contribution is 2.27. The van der Waals surface area contributed by atoms with Crippen LogP contribution in [0.5, 0.6) is 11.5 Å². The molecule has 0 unspecified atom stereocenters. The van der Waals surface area contributed by atoms with Crippen LogP contribution >= 0.6 is 0 Å². The molecule has 0 aliphatic carbocycles. The molecule has 0 aliphatic rings. The molecule has 104 valence electrons. The Morgan fingerprint density at radius 1 is 1.35 bits per heavy atom. The van der Waals surface area contributed by atoms with Gasteiger partial charge in [-0.1, -0.05) is 6.07 Å². The number of halogens is 1. The minimum atomic E-state index is -0.629. The van der Waals surface area contributed by atoms with Crippen molar-refractivity contribution in [2.75, 3.05) is 18.2 Å². The van der Waals surface area contributed by atoms with Crippen LogP contribution in [0.15, 0.2) is 36.4 Å². The van der Waals surface area contributed by atoms with Crippen molar-refractivity contribution in [1.29, 1.82) is 0 Å². The van der Waals surface area contributed by atoms with Gasteiger partial charge in [0.1, 0.15) is 11.5 Å². The predicted molar refractivity (Wildman–Crippen MR) is 73.4 cm³/mol. The Balaban J connectivity index is 2.26. The SMILES string of the molecule is COc1ccc(C(=O)Nc2c(N)cccc2F)cc1O. The normalized spacial score (nSPS) is 10.1. The van der Waals surface area contributed by atoms with Crippen LogP contribution in [0.4, 0.5) is 15.8 Å². The monoisotopic (exact) mass is 276 g/mol. The van der Waals surface area contributed by atoms with E-state index in [0.717, 1.165) is 0 Å². The number of methoxy groups -OCH3 is 1. The van der Waals surface area contributed by atoms with Crippen molar-refractivity contribution in [3.8, 4) is 11.5 Å². The van der Waals surface area contributed by atoms with Crippen molar-refractivity contribution in [3.05, 3.63) is 47.8 Å². The molecule has 0 saturated heterocycles. The summed E-state index contributed by atoms with van der Waals surface area (Å²) in [4.78, 5) is 12.0. The number of phenols is 1. The van der Waals surface area contributed by atoms with E-state index >= 15 is 0 Å². The first-order valence-corrected chi connectivity index (χ1v) is 5.75. The number of rotatable bonds is 3. The Kier molecular flexibility index (Phi) is 3.74. The zero-order valence-electron chi connectivity index (χ0n) is 10.7. The second-order valence-electron chi connectivity index (χ2n) is 4.04. The number of carbonyl (C=O) groups is 1. The summed E-state index contributed by atoms with van der Waals surface area (Å²) in [6.45, 7) is 0. The van der Waals surface area contributed by atoms with Gasteiger partial charge in [-0.3, -0.25) is 4.79 Å². The fourth-order valence-corrected chi connectivity index (χ4v) is 1.69. The molecule has 0 bridgehead atoms. The first-order chi connectivity index (χ1) is 9.52. The van der Waals surface area contributed by atoms with Crippen molar-refractivity contribution in [3.63, 3.8) is 0 Å². The summed E-state index contributed by atoms with van der Waals surface area (Å²) in [6, 6.07) is 8.23. The number of hydrogen-bond donors (Lipinski definition) is 3. The lowest BCUT2D eigenvalue weighted by Crippen LogP contribution is -2.14. The molecule has 0 aromatic heterocycles. The third-order valence-corrected chi connectivity index (χ3v) is 2.73. The van der Waals surface area contributed by atoms with Crippen LogP contribution in [0.1, 0.15) is 10.4 Å². The van der Waals surface area contributed by atoms with Crippen LogP contribution < -0.4 is 15.8 Å². The minimum absolute atomic E-state index is 0.0900. The highest BCUT2D eigenvalue weighted by molar-refractivity contribution is 6.06. The van der Waals surface area contributed by atoms with Gasteiger partial charge in [-0.15, -0.1) is 0 Å². The van der Waals surface area contributed by atoms with Crippen LogP contribution in [0.3, 0.4) is 0 Å². The summed E-state index contributed by atoms with van der Waals surface area (Å²) in [7, 11) is 1.40. The first kappa shape index (κ1) is 13.7. The van der Waals surface area contributed by atoms with Crippen molar-refractivity contribution in [1.82, 2.24) is 0 Å². The number of hydrogen-bond acceptors (Lipinski definition) is 4. The number of amides is 1. The van der Waals surface area contributed by atoms with E-state index in [4.69, 9.17) is 10.5 Å². The van der Waals surface area contributed by atoms with E-state index in [0.29, 0.717) is 0 Å². The molecule has 1 amide bonds. The standard InChI is InChI=1S/C14H13FN2O3/c1-20-12-6-5-8(7-11(12)18)14(19)17-13-9(15)3-2-4-10(13)16/h2-7,18H,16H2,1H3,(H,17,19). The number of para-hydroxylation sites is 1. The van der Waals surface area contributed by atoms with E-state index in [1.165, 1.54) is 43.5 Å². The maximum absolute atomic E-state index is 13.6. The predicted octanol–water partition coefficient (Wildman–Crippen LogP) is 2.37. The summed E-state index contributed by atoms with van der Waals surface area (Å²) >= 11 is 0. The fourth-order valence-electron chi connectivity index (χ4n) is 1.69. The maximum atomic E-state index is 13.6. The van der Waals surface area contributed by atoms with Crippen LogP contribution in [-0.2, 0) is 0 Å². The van der Waals surface area contributed by atoms with Gasteiger partial charge in [0.05, 0.1) is 12.8 Å². The second kappa shape index (κ2) is 5.48. The first-order valence-electron chi connectivity index (χ1n) is 5.75. The highest BCUT2D eigenvalue weighted by Gasteiger charge is 2.13. The smallest absolute Gasteiger partial charge is 0.255 e. The lowest BCUT2D eigenvalue weighted by Gasteiger charge is -2.10. The molecule has 0 fully saturated rings. The maximum Gasteiger partial charge on any atom is 0.255 e. The van der Waals surface area contributed by atoms with Gasteiger partial charge in [0.2, 0.25) is 0 Å². The number of benzene rings is 2. The molecule has 4 N–H and O–H groups in total. The van der Waals surface area contributed by atoms with E-state index in [1.54, 1.807) is 0 Å². The molecule has 0 heterocycles. The van der Waals surface area contributed by atoms with E-state index in [2.05, 4.69) is 5.32 Å².